The highest BCUT2D eigenvalue weighted by atomic mass is 16.2. The molecule has 2 rings (SSSR count). The number of amides is 2. The smallest absolute Gasteiger partial charge is 0.225 e. The highest BCUT2D eigenvalue weighted by molar-refractivity contribution is 5.89. The quantitative estimate of drug-likeness (QED) is 0.799. The average Bonchev–Trinajstić information content (AvgIpc) is 2.83. The number of rotatable bonds is 4. The third-order valence-electron chi connectivity index (χ3n) is 4.56. The molecule has 20 heavy (non-hydrogen) atoms. The van der Waals surface area contributed by atoms with Gasteiger partial charge in [0.25, 0.3) is 0 Å². The number of nitrogens with one attached hydrogen (secondary N) is 2. The predicted molar refractivity (Wildman–Crippen MR) is 78.2 cm³/mol. The van der Waals surface area contributed by atoms with E-state index in [0.29, 0.717) is 19.5 Å². The Kier molecular flexibility index (Phi) is 4.68. The second-order valence-corrected chi connectivity index (χ2v) is 6.93. The zero-order valence-corrected chi connectivity index (χ0v) is 12.9. The lowest BCUT2D eigenvalue weighted by Gasteiger charge is -2.43. The van der Waals surface area contributed by atoms with E-state index >= 15 is 0 Å². The van der Waals surface area contributed by atoms with Crippen molar-refractivity contribution in [3.8, 4) is 0 Å². The Balaban J connectivity index is 1.82. The first-order valence-corrected chi connectivity index (χ1v) is 7.68. The Morgan fingerprint density at radius 1 is 1.50 bits per heavy atom. The maximum atomic E-state index is 12.1. The molecule has 0 bridgehead atoms. The molecule has 2 unspecified atom stereocenters. The third kappa shape index (κ3) is 3.72. The summed E-state index contributed by atoms with van der Waals surface area (Å²) in [4.78, 5) is 25.7. The van der Waals surface area contributed by atoms with Crippen LogP contribution in [0.5, 0.6) is 0 Å². The molecule has 5 nitrogen and oxygen atoms in total. The van der Waals surface area contributed by atoms with E-state index in [2.05, 4.69) is 36.3 Å². The number of piperidine rings is 1. The van der Waals surface area contributed by atoms with Gasteiger partial charge in [0.2, 0.25) is 11.8 Å². The molecule has 2 aliphatic rings. The van der Waals surface area contributed by atoms with Crippen molar-refractivity contribution in [2.75, 3.05) is 26.2 Å². The molecular formula is C15H27N3O2. The summed E-state index contributed by atoms with van der Waals surface area (Å²) in [6, 6.07) is 0. The molecule has 2 aliphatic heterocycles. The molecule has 2 saturated heterocycles. The fraction of sp³-hybridized carbons (Fsp3) is 0.867. The predicted octanol–water partition coefficient (Wildman–Crippen LogP) is 0.749. The van der Waals surface area contributed by atoms with E-state index in [-0.39, 0.29) is 23.3 Å². The molecule has 2 fully saturated rings. The molecule has 0 radical (unpaired) electrons. The Morgan fingerprint density at radius 2 is 2.25 bits per heavy atom. The number of carbonyl (C=O) groups is 2. The van der Waals surface area contributed by atoms with Crippen molar-refractivity contribution in [3.63, 3.8) is 0 Å². The van der Waals surface area contributed by atoms with Crippen molar-refractivity contribution in [2.24, 2.45) is 11.8 Å². The van der Waals surface area contributed by atoms with Crippen LogP contribution in [-0.4, -0.2) is 48.4 Å². The lowest BCUT2D eigenvalue weighted by atomic mass is 9.93. The minimum Gasteiger partial charge on any atom is -0.355 e. The largest absolute Gasteiger partial charge is 0.355 e. The standard InChI is InChI=1S/C15H27N3O2/c1-11-5-4-6-18(9-11)15(2,3)10-17-14(20)12-7-13(19)16-8-12/h11-12H,4-10H2,1-3H3,(H,16,19)(H,17,20). The summed E-state index contributed by atoms with van der Waals surface area (Å²) in [7, 11) is 0. The summed E-state index contributed by atoms with van der Waals surface area (Å²) in [6.07, 6.45) is 2.86. The molecule has 2 heterocycles. The van der Waals surface area contributed by atoms with E-state index in [4.69, 9.17) is 0 Å². The number of hydrogen-bond donors (Lipinski definition) is 2. The van der Waals surface area contributed by atoms with Crippen LogP contribution in [0.1, 0.15) is 40.0 Å². The maximum Gasteiger partial charge on any atom is 0.225 e. The summed E-state index contributed by atoms with van der Waals surface area (Å²) in [5.41, 5.74) is -0.0274. The zero-order valence-electron chi connectivity index (χ0n) is 12.9. The Hall–Kier alpha value is -1.10. The first-order valence-electron chi connectivity index (χ1n) is 7.68. The Labute approximate surface area is 121 Å². The summed E-state index contributed by atoms with van der Waals surface area (Å²) < 4.78 is 0. The monoisotopic (exact) mass is 281 g/mol. The summed E-state index contributed by atoms with van der Waals surface area (Å²) in [5, 5.41) is 5.73. The molecule has 114 valence electrons. The van der Waals surface area contributed by atoms with Crippen LogP contribution in [0.25, 0.3) is 0 Å². The number of nitrogens with zero attached hydrogens (tertiary/aromatic N) is 1. The van der Waals surface area contributed by atoms with Gasteiger partial charge >= 0.3 is 0 Å². The van der Waals surface area contributed by atoms with Crippen LogP contribution in [0.3, 0.4) is 0 Å². The second-order valence-electron chi connectivity index (χ2n) is 6.93. The fourth-order valence-electron chi connectivity index (χ4n) is 3.09. The minimum absolute atomic E-state index is 0.00137. The third-order valence-corrected chi connectivity index (χ3v) is 4.56. The van der Waals surface area contributed by atoms with Gasteiger partial charge in [-0.15, -0.1) is 0 Å². The van der Waals surface area contributed by atoms with Gasteiger partial charge in [0.05, 0.1) is 5.92 Å². The molecule has 2 N–H and O–H groups in total. The van der Waals surface area contributed by atoms with Gasteiger partial charge in [0.15, 0.2) is 0 Å². The molecule has 0 aromatic rings. The SMILES string of the molecule is CC1CCCN(C(C)(C)CNC(=O)C2CNC(=O)C2)C1. The molecule has 0 spiro atoms. The minimum atomic E-state index is -0.196. The summed E-state index contributed by atoms with van der Waals surface area (Å²) in [5.74, 6) is 0.518. The number of carbonyl (C=O) groups excluding carboxylic acids is 2. The zero-order chi connectivity index (χ0) is 14.8. The molecule has 0 aromatic heterocycles. The Morgan fingerprint density at radius 3 is 2.85 bits per heavy atom. The lowest BCUT2D eigenvalue weighted by molar-refractivity contribution is -0.127. The number of hydrogen-bond acceptors (Lipinski definition) is 3. The normalized spacial score (nSPS) is 28.2. The van der Waals surface area contributed by atoms with E-state index in [0.717, 1.165) is 19.0 Å². The molecule has 0 saturated carbocycles. The van der Waals surface area contributed by atoms with E-state index in [1.165, 1.54) is 12.8 Å². The van der Waals surface area contributed by atoms with Crippen LogP contribution >= 0.6 is 0 Å². The molecule has 5 heteroatoms. The van der Waals surface area contributed by atoms with E-state index in [1.54, 1.807) is 0 Å². The van der Waals surface area contributed by atoms with Crippen LogP contribution in [0.15, 0.2) is 0 Å². The Bertz CT molecular complexity index is 381. The second kappa shape index (κ2) is 6.12. The van der Waals surface area contributed by atoms with Crippen molar-refractivity contribution in [1.29, 1.82) is 0 Å². The van der Waals surface area contributed by atoms with Crippen LogP contribution in [-0.2, 0) is 9.59 Å². The maximum absolute atomic E-state index is 12.1. The molecule has 2 atom stereocenters. The van der Waals surface area contributed by atoms with Crippen LogP contribution in [0, 0.1) is 11.8 Å². The first-order chi connectivity index (χ1) is 9.38. The van der Waals surface area contributed by atoms with Crippen LogP contribution in [0.2, 0.25) is 0 Å². The van der Waals surface area contributed by atoms with E-state index in [1.807, 2.05) is 0 Å². The van der Waals surface area contributed by atoms with Gasteiger partial charge in [-0.25, -0.2) is 0 Å². The van der Waals surface area contributed by atoms with Gasteiger partial charge in [-0.2, -0.15) is 0 Å². The van der Waals surface area contributed by atoms with Crippen LogP contribution in [0.4, 0.5) is 0 Å². The first kappa shape index (κ1) is 15.3. The van der Waals surface area contributed by atoms with Gasteiger partial charge < -0.3 is 10.6 Å². The van der Waals surface area contributed by atoms with Crippen LogP contribution < -0.4 is 10.6 Å². The van der Waals surface area contributed by atoms with Gasteiger partial charge in [-0.3, -0.25) is 14.5 Å². The summed E-state index contributed by atoms with van der Waals surface area (Å²) >= 11 is 0. The van der Waals surface area contributed by atoms with E-state index in [9.17, 15) is 9.59 Å². The van der Waals surface area contributed by atoms with E-state index < -0.39 is 0 Å². The topological polar surface area (TPSA) is 61.4 Å². The highest BCUT2D eigenvalue weighted by Crippen LogP contribution is 2.23. The van der Waals surface area contributed by atoms with Crippen molar-refractivity contribution >= 4 is 11.8 Å². The highest BCUT2D eigenvalue weighted by Gasteiger charge is 2.32. The van der Waals surface area contributed by atoms with Gasteiger partial charge in [-0.1, -0.05) is 6.92 Å². The molecule has 0 aromatic carbocycles. The average molecular weight is 281 g/mol. The van der Waals surface area contributed by atoms with Crippen molar-refractivity contribution in [1.82, 2.24) is 15.5 Å². The summed E-state index contributed by atoms with van der Waals surface area (Å²) in [6.45, 7) is 9.99. The van der Waals surface area contributed by atoms with Gasteiger partial charge in [0, 0.05) is 31.6 Å². The number of likely N-dealkylation sites (tertiary alicyclic amines) is 1. The van der Waals surface area contributed by atoms with Crippen molar-refractivity contribution < 1.29 is 9.59 Å². The van der Waals surface area contributed by atoms with Gasteiger partial charge in [0.1, 0.15) is 0 Å². The molecule has 2 amide bonds. The fourth-order valence-corrected chi connectivity index (χ4v) is 3.09. The lowest BCUT2D eigenvalue weighted by Crippen LogP contribution is -2.55. The molecular weight excluding hydrogens is 254 g/mol. The van der Waals surface area contributed by atoms with Crippen molar-refractivity contribution in [3.05, 3.63) is 0 Å². The van der Waals surface area contributed by atoms with Crippen molar-refractivity contribution in [2.45, 2.75) is 45.6 Å². The molecule has 0 aliphatic carbocycles. The van der Waals surface area contributed by atoms with Gasteiger partial charge in [-0.05, 0) is 39.2 Å².